The quantitative estimate of drug-likeness (QED) is 0.287. The van der Waals surface area contributed by atoms with Crippen LogP contribution in [0.5, 0.6) is 0 Å². The standard InChI is InChI=1S/C30H33F2N7O2S/c1-17(2)42(40,41)39-28-34-15-18(16-35-28)27-33-13-11-24(36-27)30(6)12-10-20(29(3,4)5)19-14-23(37-38-26(19)30)25-21(31)8-7-9-22(25)32/h7-9,11,13-17,20H,10,12H2,1-6H3,(H,34,35,39)/t20-,30+/m0/s1. The van der Waals surface area contributed by atoms with Gasteiger partial charge in [-0.25, -0.2) is 37.1 Å². The van der Waals surface area contributed by atoms with Gasteiger partial charge in [-0.2, -0.15) is 5.10 Å². The number of nitrogens with zero attached hydrogens (tertiary/aromatic N) is 6. The Morgan fingerprint density at radius 2 is 1.69 bits per heavy atom. The van der Waals surface area contributed by atoms with Gasteiger partial charge in [-0.15, -0.1) is 5.10 Å². The van der Waals surface area contributed by atoms with E-state index in [1.807, 2.05) is 13.0 Å². The zero-order valence-corrected chi connectivity index (χ0v) is 25.2. The lowest BCUT2D eigenvalue weighted by Crippen LogP contribution is -2.36. The minimum atomic E-state index is -3.59. The highest BCUT2D eigenvalue weighted by Gasteiger charge is 2.44. The lowest BCUT2D eigenvalue weighted by molar-refractivity contribution is 0.257. The van der Waals surface area contributed by atoms with E-state index in [1.165, 1.54) is 30.6 Å². The molecule has 1 aromatic carbocycles. The number of benzene rings is 1. The molecule has 0 radical (unpaired) electrons. The van der Waals surface area contributed by atoms with Gasteiger partial charge in [-0.05, 0) is 74.8 Å². The average Bonchev–Trinajstić information content (AvgIpc) is 2.92. The van der Waals surface area contributed by atoms with Gasteiger partial charge in [0.2, 0.25) is 16.0 Å². The zero-order valence-electron chi connectivity index (χ0n) is 24.4. The molecule has 220 valence electrons. The van der Waals surface area contributed by atoms with Crippen LogP contribution >= 0.6 is 0 Å². The van der Waals surface area contributed by atoms with Crippen LogP contribution in [-0.4, -0.2) is 43.8 Å². The summed E-state index contributed by atoms with van der Waals surface area (Å²) in [4.78, 5) is 17.5. The first-order valence-corrected chi connectivity index (χ1v) is 15.3. The van der Waals surface area contributed by atoms with Crippen molar-refractivity contribution in [2.24, 2.45) is 5.41 Å². The Bertz CT molecular complexity index is 1720. The van der Waals surface area contributed by atoms with Crippen LogP contribution in [0.25, 0.3) is 22.6 Å². The van der Waals surface area contributed by atoms with E-state index in [0.717, 1.165) is 12.0 Å². The summed E-state index contributed by atoms with van der Waals surface area (Å²) < 4.78 is 56.1. The summed E-state index contributed by atoms with van der Waals surface area (Å²) in [6, 6.07) is 7.34. The van der Waals surface area contributed by atoms with Gasteiger partial charge in [0.15, 0.2) is 5.82 Å². The van der Waals surface area contributed by atoms with Crippen molar-refractivity contribution in [2.75, 3.05) is 4.72 Å². The van der Waals surface area contributed by atoms with E-state index in [9.17, 15) is 17.2 Å². The lowest BCUT2D eigenvalue weighted by atomic mass is 9.62. The number of hydrogen-bond acceptors (Lipinski definition) is 8. The summed E-state index contributed by atoms with van der Waals surface area (Å²) >= 11 is 0. The summed E-state index contributed by atoms with van der Waals surface area (Å²) in [7, 11) is -3.59. The molecule has 42 heavy (non-hydrogen) atoms. The van der Waals surface area contributed by atoms with E-state index in [4.69, 9.17) is 4.98 Å². The van der Waals surface area contributed by atoms with Crippen LogP contribution in [-0.2, 0) is 15.4 Å². The third kappa shape index (κ3) is 5.47. The van der Waals surface area contributed by atoms with Gasteiger partial charge in [-0.3, -0.25) is 4.72 Å². The molecular formula is C30H33F2N7O2S. The molecule has 12 heteroatoms. The van der Waals surface area contributed by atoms with Crippen LogP contribution in [0.4, 0.5) is 14.7 Å². The van der Waals surface area contributed by atoms with Crippen LogP contribution in [0, 0.1) is 17.0 Å². The predicted octanol–water partition coefficient (Wildman–Crippen LogP) is 6.05. The molecule has 5 rings (SSSR count). The summed E-state index contributed by atoms with van der Waals surface area (Å²) in [5.41, 5.74) is 1.94. The van der Waals surface area contributed by atoms with Crippen LogP contribution in [0.1, 0.15) is 77.3 Å². The third-order valence-electron chi connectivity index (χ3n) is 7.90. The van der Waals surface area contributed by atoms with E-state index in [-0.39, 0.29) is 28.5 Å². The van der Waals surface area contributed by atoms with E-state index in [1.54, 1.807) is 26.1 Å². The molecule has 3 heterocycles. The van der Waals surface area contributed by atoms with Gasteiger partial charge in [0.1, 0.15) is 11.6 Å². The monoisotopic (exact) mass is 593 g/mol. The number of halogens is 2. The normalized spacial score (nSPS) is 19.0. The molecule has 1 N–H and O–H groups in total. The van der Waals surface area contributed by atoms with Crippen molar-refractivity contribution in [2.45, 2.75) is 71.0 Å². The van der Waals surface area contributed by atoms with Crippen molar-refractivity contribution in [1.29, 1.82) is 0 Å². The fourth-order valence-electron chi connectivity index (χ4n) is 5.37. The molecular weight excluding hydrogens is 560 g/mol. The van der Waals surface area contributed by atoms with E-state index >= 15 is 0 Å². The van der Waals surface area contributed by atoms with Gasteiger partial charge >= 0.3 is 0 Å². The molecule has 4 aromatic rings. The van der Waals surface area contributed by atoms with Crippen molar-refractivity contribution >= 4 is 16.0 Å². The number of anilines is 1. The summed E-state index contributed by atoms with van der Waals surface area (Å²) in [5.74, 6) is -0.991. The predicted molar refractivity (Wildman–Crippen MR) is 156 cm³/mol. The maximum Gasteiger partial charge on any atom is 0.237 e. The van der Waals surface area contributed by atoms with Crippen LogP contribution in [0.15, 0.2) is 48.9 Å². The third-order valence-corrected chi connectivity index (χ3v) is 9.61. The first-order valence-electron chi connectivity index (χ1n) is 13.7. The number of rotatable bonds is 6. The van der Waals surface area contributed by atoms with Crippen LogP contribution in [0.3, 0.4) is 0 Å². The molecule has 0 saturated heterocycles. The van der Waals surface area contributed by atoms with E-state index < -0.39 is 32.3 Å². The minimum Gasteiger partial charge on any atom is -0.251 e. The summed E-state index contributed by atoms with van der Waals surface area (Å²) in [5, 5.41) is 8.27. The van der Waals surface area contributed by atoms with Crippen molar-refractivity contribution in [3.63, 3.8) is 0 Å². The topological polar surface area (TPSA) is 124 Å². The minimum absolute atomic E-state index is 0.0395. The van der Waals surface area contributed by atoms with Gasteiger partial charge in [0, 0.05) is 18.6 Å². The molecule has 0 amide bonds. The maximum atomic E-state index is 14.7. The smallest absolute Gasteiger partial charge is 0.237 e. The number of aromatic nitrogens is 6. The Morgan fingerprint density at radius 1 is 1.02 bits per heavy atom. The summed E-state index contributed by atoms with van der Waals surface area (Å²) in [6.07, 6.45) is 6.08. The molecule has 1 aliphatic rings. The molecule has 0 spiro atoms. The number of sulfonamides is 1. The van der Waals surface area contributed by atoms with E-state index in [2.05, 4.69) is 50.6 Å². The number of nitrogens with one attached hydrogen (secondary N) is 1. The zero-order chi connectivity index (χ0) is 30.4. The Balaban J connectivity index is 1.56. The maximum absolute atomic E-state index is 14.7. The Hall–Kier alpha value is -3.93. The van der Waals surface area contributed by atoms with Crippen molar-refractivity contribution in [3.8, 4) is 22.6 Å². The second-order valence-electron chi connectivity index (χ2n) is 12.2. The first-order chi connectivity index (χ1) is 19.7. The van der Waals surface area contributed by atoms with E-state index in [0.29, 0.717) is 29.2 Å². The SMILES string of the molecule is CC(C)S(=O)(=O)Nc1ncc(-c2nccc([C@@]3(C)CC[C@H](C(C)(C)C)c4cc(-c5c(F)cccc5F)nnc43)n2)cn1. The number of hydrogen-bond donors (Lipinski definition) is 1. The molecule has 3 aromatic heterocycles. The molecule has 9 nitrogen and oxygen atoms in total. The molecule has 2 atom stereocenters. The Kier molecular flexibility index (Phi) is 7.55. The Morgan fingerprint density at radius 3 is 2.31 bits per heavy atom. The number of fused-ring (bicyclic) bond motifs is 1. The van der Waals surface area contributed by atoms with Crippen molar-refractivity contribution < 1.29 is 17.2 Å². The highest BCUT2D eigenvalue weighted by Crippen LogP contribution is 2.51. The van der Waals surface area contributed by atoms with Crippen LogP contribution in [0.2, 0.25) is 0 Å². The molecule has 0 fully saturated rings. The van der Waals surface area contributed by atoms with Gasteiger partial charge in [0.25, 0.3) is 0 Å². The summed E-state index contributed by atoms with van der Waals surface area (Å²) in [6.45, 7) is 11.6. The second-order valence-corrected chi connectivity index (χ2v) is 14.4. The fourth-order valence-corrected chi connectivity index (χ4v) is 5.96. The van der Waals surface area contributed by atoms with Gasteiger partial charge < -0.3 is 0 Å². The average molecular weight is 594 g/mol. The largest absolute Gasteiger partial charge is 0.251 e. The van der Waals surface area contributed by atoms with Crippen molar-refractivity contribution in [3.05, 3.63) is 77.5 Å². The van der Waals surface area contributed by atoms with Gasteiger partial charge in [0.05, 0.1) is 38.9 Å². The molecule has 0 bridgehead atoms. The second kappa shape index (κ2) is 10.7. The van der Waals surface area contributed by atoms with Gasteiger partial charge in [-0.1, -0.05) is 26.8 Å². The Labute approximate surface area is 244 Å². The van der Waals surface area contributed by atoms with Crippen molar-refractivity contribution in [1.82, 2.24) is 30.1 Å². The molecule has 0 aliphatic heterocycles. The fraction of sp³-hybridized carbons (Fsp3) is 0.400. The highest BCUT2D eigenvalue weighted by atomic mass is 32.2. The lowest BCUT2D eigenvalue weighted by Gasteiger charge is -2.42. The first kappa shape index (κ1) is 29.6. The highest BCUT2D eigenvalue weighted by molar-refractivity contribution is 7.93. The molecule has 0 unspecified atom stereocenters. The molecule has 0 saturated carbocycles. The van der Waals surface area contributed by atoms with Crippen LogP contribution < -0.4 is 4.72 Å². The molecule has 1 aliphatic carbocycles.